The number of halogens is 2. The van der Waals surface area contributed by atoms with E-state index in [4.69, 9.17) is 16.3 Å². The van der Waals surface area contributed by atoms with Crippen LogP contribution < -0.4 is 14.8 Å². The number of rotatable bonds is 7. The molecule has 0 bridgehead atoms. The summed E-state index contributed by atoms with van der Waals surface area (Å²) in [5, 5.41) is 2.94. The second-order valence-corrected chi connectivity index (χ2v) is 10.2. The number of benzene rings is 1. The SMILES string of the molecule is CCS(=O)(=O)Nc1cc(Cl)cc(NC(=O)c2cc(-c3ncc(OC)cc3F)c(C)s2)c1. The number of thiophene rings is 1. The lowest BCUT2D eigenvalue weighted by Gasteiger charge is -2.10. The number of nitrogens with zero attached hydrogens (tertiary/aromatic N) is 1. The first kappa shape index (κ1) is 23.0. The van der Waals surface area contributed by atoms with E-state index in [0.717, 1.165) is 0 Å². The molecule has 7 nitrogen and oxygen atoms in total. The fourth-order valence-corrected chi connectivity index (χ4v) is 4.50. The number of hydrogen-bond donors (Lipinski definition) is 2. The van der Waals surface area contributed by atoms with Gasteiger partial charge in [-0.25, -0.2) is 17.8 Å². The Balaban J connectivity index is 1.85. The first-order valence-corrected chi connectivity index (χ1v) is 11.9. The zero-order valence-electron chi connectivity index (χ0n) is 16.8. The molecule has 0 aliphatic carbocycles. The van der Waals surface area contributed by atoms with E-state index in [9.17, 15) is 17.6 Å². The molecule has 0 saturated carbocycles. The van der Waals surface area contributed by atoms with Gasteiger partial charge in [0.25, 0.3) is 5.91 Å². The number of nitrogens with one attached hydrogen (secondary N) is 2. The van der Waals surface area contributed by atoms with Crippen LogP contribution in [0.2, 0.25) is 5.02 Å². The van der Waals surface area contributed by atoms with Gasteiger partial charge in [0.05, 0.1) is 29.6 Å². The molecule has 0 atom stereocenters. The van der Waals surface area contributed by atoms with Gasteiger partial charge in [-0.15, -0.1) is 11.3 Å². The second kappa shape index (κ2) is 9.21. The molecule has 2 N–H and O–H groups in total. The van der Waals surface area contributed by atoms with Crippen molar-refractivity contribution in [1.82, 2.24) is 4.98 Å². The summed E-state index contributed by atoms with van der Waals surface area (Å²) in [6.07, 6.45) is 1.40. The summed E-state index contributed by atoms with van der Waals surface area (Å²) in [5.74, 6) is -0.814. The number of aryl methyl sites for hydroxylation is 1. The van der Waals surface area contributed by atoms with Gasteiger partial charge in [0, 0.05) is 27.2 Å². The van der Waals surface area contributed by atoms with Gasteiger partial charge in [-0.05, 0) is 38.1 Å². The van der Waals surface area contributed by atoms with E-state index in [1.807, 2.05) is 0 Å². The highest BCUT2D eigenvalue weighted by Crippen LogP contribution is 2.33. The van der Waals surface area contributed by atoms with E-state index in [-0.39, 0.29) is 22.2 Å². The normalized spacial score (nSPS) is 11.3. The van der Waals surface area contributed by atoms with E-state index in [1.165, 1.54) is 55.8 Å². The van der Waals surface area contributed by atoms with Crippen molar-refractivity contribution in [3.8, 4) is 17.0 Å². The first-order chi connectivity index (χ1) is 14.6. The molecule has 0 spiro atoms. The number of anilines is 2. The summed E-state index contributed by atoms with van der Waals surface area (Å²) in [6, 6.07) is 7.18. The smallest absolute Gasteiger partial charge is 0.265 e. The van der Waals surface area contributed by atoms with Crippen molar-refractivity contribution < 1.29 is 22.3 Å². The summed E-state index contributed by atoms with van der Waals surface area (Å²) in [5.41, 5.74) is 1.16. The third-order valence-corrected chi connectivity index (χ3v) is 6.83. The van der Waals surface area contributed by atoms with Crippen molar-refractivity contribution in [2.75, 3.05) is 22.9 Å². The maximum absolute atomic E-state index is 14.4. The number of pyridine rings is 1. The second-order valence-electron chi connectivity index (χ2n) is 6.47. The quantitative estimate of drug-likeness (QED) is 0.496. The van der Waals surface area contributed by atoms with Gasteiger partial charge in [0.1, 0.15) is 11.4 Å². The number of aromatic nitrogens is 1. The molecular weight excluding hydrogens is 465 g/mol. The van der Waals surface area contributed by atoms with Gasteiger partial charge in [-0.3, -0.25) is 9.52 Å². The molecule has 2 heterocycles. The van der Waals surface area contributed by atoms with E-state index in [2.05, 4.69) is 15.0 Å². The van der Waals surface area contributed by atoms with Crippen LogP contribution >= 0.6 is 22.9 Å². The topological polar surface area (TPSA) is 97.4 Å². The maximum atomic E-state index is 14.4. The van der Waals surface area contributed by atoms with Gasteiger partial charge in [-0.1, -0.05) is 11.6 Å². The Hall–Kier alpha value is -2.69. The number of carbonyl (C=O) groups is 1. The summed E-state index contributed by atoms with van der Waals surface area (Å²) in [4.78, 5) is 17.9. The number of hydrogen-bond acceptors (Lipinski definition) is 6. The number of carbonyl (C=O) groups excluding carboxylic acids is 1. The highest BCUT2D eigenvalue weighted by Gasteiger charge is 2.18. The molecule has 0 aliphatic heterocycles. The minimum atomic E-state index is -3.50. The zero-order chi connectivity index (χ0) is 22.8. The van der Waals surface area contributed by atoms with Crippen LogP contribution in [0.25, 0.3) is 11.3 Å². The summed E-state index contributed by atoms with van der Waals surface area (Å²) in [6.45, 7) is 3.27. The summed E-state index contributed by atoms with van der Waals surface area (Å²) >= 11 is 7.24. The molecular formula is C20H19ClFN3O4S2. The standard InChI is InChI=1S/C20H19ClFN3O4S2/c1-4-31(27,28)25-14-6-12(21)5-13(7-14)24-20(26)18-9-16(11(2)30-18)19-17(22)8-15(29-3)10-23-19/h5-10,25H,4H2,1-3H3,(H,24,26). The minimum absolute atomic E-state index is 0.103. The molecule has 0 unspecified atom stereocenters. The molecule has 1 aromatic carbocycles. The maximum Gasteiger partial charge on any atom is 0.265 e. The number of sulfonamides is 1. The molecule has 0 radical (unpaired) electrons. The molecule has 0 fully saturated rings. The predicted molar refractivity (Wildman–Crippen MR) is 121 cm³/mol. The van der Waals surface area contributed by atoms with Gasteiger partial charge < -0.3 is 10.1 Å². The summed E-state index contributed by atoms with van der Waals surface area (Å²) in [7, 11) is -2.08. The van der Waals surface area contributed by atoms with Crippen molar-refractivity contribution in [2.24, 2.45) is 0 Å². The number of methoxy groups -OCH3 is 1. The average Bonchev–Trinajstić information content (AvgIpc) is 3.08. The van der Waals surface area contributed by atoms with E-state index < -0.39 is 21.7 Å². The lowest BCUT2D eigenvalue weighted by atomic mass is 10.1. The van der Waals surface area contributed by atoms with Crippen LogP contribution in [0.15, 0.2) is 36.5 Å². The van der Waals surface area contributed by atoms with Crippen molar-refractivity contribution in [1.29, 1.82) is 0 Å². The highest BCUT2D eigenvalue weighted by atomic mass is 35.5. The molecule has 0 saturated heterocycles. The van der Waals surface area contributed by atoms with Crippen LogP contribution in [0.5, 0.6) is 5.75 Å². The molecule has 31 heavy (non-hydrogen) atoms. The van der Waals surface area contributed by atoms with Crippen LogP contribution in [-0.4, -0.2) is 32.2 Å². The Morgan fingerprint density at radius 1 is 1.23 bits per heavy atom. The minimum Gasteiger partial charge on any atom is -0.495 e. The Kier molecular flexibility index (Phi) is 6.83. The molecule has 1 amide bonds. The van der Waals surface area contributed by atoms with Crippen LogP contribution in [0.3, 0.4) is 0 Å². The molecule has 3 aromatic rings. The van der Waals surface area contributed by atoms with Crippen LogP contribution in [0.4, 0.5) is 15.8 Å². The molecule has 164 valence electrons. The molecule has 0 aliphatic rings. The molecule has 2 aromatic heterocycles. The third kappa shape index (κ3) is 5.52. The van der Waals surface area contributed by atoms with E-state index in [0.29, 0.717) is 26.8 Å². The Morgan fingerprint density at radius 3 is 2.58 bits per heavy atom. The Labute approximate surface area is 188 Å². The van der Waals surface area contributed by atoms with Gasteiger partial charge >= 0.3 is 0 Å². The Bertz CT molecular complexity index is 1250. The summed E-state index contributed by atoms with van der Waals surface area (Å²) < 4.78 is 45.3. The highest BCUT2D eigenvalue weighted by molar-refractivity contribution is 7.92. The van der Waals surface area contributed by atoms with Crippen LogP contribution in [0, 0.1) is 12.7 Å². The average molecular weight is 484 g/mol. The zero-order valence-corrected chi connectivity index (χ0v) is 19.2. The fraction of sp³-hybridized carbons (Fsp3) is 0.200. The lowest BCUT2D eigenvalue weighted by Crippen LogP contribution is -2.15. The number of ether oxygens (including phenoxy) is 1. The van der Waals surface area contributed by atoms with Crippen molar-refractivity contribution in [2.45, 2.75) is 13.8 Å². The largest absolute Gasteiger partial charge is 0.495 e. The monoisotopic (exact) mass is 483 g/mol. The number of amides is 1. The lowest BCUT2D eigenvalue weighted by molar-refractivity contribution is 0.103. The fourth-order valence-electron chi connectivity index (χ4n) is 2.72. The molecule has 3 rings (SSSR count). The molecule has 11 heteroatoms. The first-order valence-electron chi connectivity index (χ1n) is 9.04. The van der Waals surface area contributed by atoms with Gasteiger partial charge in [0.2, 0.25) is 10.0 Å². The third-order valence-electron chi connectivity index (χ3n) is 4.26. The van der Waals surface area contributed by atoms with E-state index in [1.54, 1.807) is 13.0 Å². The van der Waals surface area contributed by atoms with Gasteiger partial charge in [-0.2, -0.15) is 0 Å². The van der Waals surface area contributed by atoms with Crippen molar-refractivity contribution in [3.05, 3.63) is 57.1 Å². The predicted octanol–water partition coefficient (Wildman–Crippen LogP) is 4.93. The van der Waals surface area contributed by atoms with Crippen molar-refractivity contribution >= 4 is 50.2 Å². The Morgan fingerprint density at radius 2 is 1.94 bits per heavy atom. The van der Waals surface area contributed by atoms with Crippen LogP contribution in [-0.2, 0) is 10.0 Å². The van der Waals surface area contributed by atoms with Gasteiger partial charge in [0.15, 0.2) is 5.82 Å². The van der Waals surface area contributed by atoms with Crippen LogP contribution in [0.1, 0.15) is 21.5 Å². The van der Waals surface area contributed by atoms with Crippen molar-refractivity contribution in [3.63, 3.8) is 0 Å². The van der Waals surface area contributed by atoms with E-state index >= 15 is 0 Å².